The average molecular weight is 242 g/mol. The van der Waals surface area contributed by atoms with Gasteiger partial charge in [-0.15, -0.1) is 0 Å². The zero-order chi connectivity index (χ0) is 13.4. The summed E-state index contributed by atoms with van der Waals surface area (Å²) < 4.78 is 4.41. The van der Waals surface area contributed by atoms with E-state index in [-0.39, 0.29) is 6.42 Å². The van der Waals surface area contributed by atoms with E-state index in [4.69, 9.17) is 10.4 Å². The van der Waals surface area contributed by atoms with Gasteiger partial charge in [-0.3, -0.25) is 9.59 Å². The highest BCUT2D eigenvalue weighted by Gasteiger charge is 2.22. The van der Waals surface area contributed by atoms with Crippen LogP contribution in [0.4, 0.5) is 0 Å². The maximum atomic E-state index is 11.2. The average Bonchev–Trinajstić information content (AvgIpc) is 2.25. The molecule has 0 unspecified atom stereocenters. The molecule has 1 amide bonds. The fourth-order valence-corrected chi connectivity index (χ4v) is 1.03. The van der Waals surface area contributed by atoms with Gasteiger partial charge in [0.1, 0.15) is 6.04 Å². The number of aliphatic carboxylic acids is 1. The van der Waals surface area contributed by atoms with Gasteiger partial charge >= 0.3 is 11.9 Å². The second-order valence-electron chi connectivity index (χ2n) is 3.50. The molecule has 2 atom stereocenters. The van der Waals surface area contributed by atoms with Crippen molar-refractivity contribution in [1.82, 2.24) is 5.32 Å². The molecule has 0 heterocycles. The number of ether oxygens (including phenoxy) is 1. The first-order chi connectivity index (χ1) is 7.86. The summed E-state index contributed by atoms with van der Waals surface area (Å²) in [6.45, 7) is 2.16. The Hall–Kier alpha value is -2.10. The van der Waals surface area contributed by atoms with Crippen molar-refractivity contribution < 1.29 is 24.2 Å². The second kappa shape index (κ2) is 7.22. The molecule has 0 fully saturated rings. The third-order valence-electron chi connectivity index (χ3n) is 1.85. The highest BCUT2D eigenvalue weighted by atomic mass is 16.5. The summed E-state index contributed by atoms with van der Waals surface area (Å²) in [6, 6.07) is 0.714. The lowest BCUT2D eigenvalue weighted by Crippen LogP contribution is -2.43. The topological polar surface area (TPSA) is 116 Å². The number of carboxylic acid groups (broad SMARTS) is 1. The molecule has 0 aromatic rings. The molecule has 0 saturated heterocycles. The summed E-state index contributed by atoms with van der Waals surface area (Å²) in [5.74, 6) is -3.07. The molecule has 7 nitrogen and oxygen atoms in total. The largest absolute Gasteiger partial charge is 0.480 e. The number of carboxylic acids is 1. The van der Waals surface area contributed by atoms with E-state index in [0.717, 1.165) is 6.92 Å². The number of hydrogen-bond donors (Lipinski definition) is 2. The highest BCUT2D eigenvalue weighted by Crippen LogP contribution is 2.04. The maximum absolute atomic E-state index is 11.2. The second-order valence-corrected chi connectivity index (χ2v) is 3.50. The Kier molecular flexibility index (Phi) is 6.33. The number of nitrogens with zero attached hydrogens (tertiary/aromatic N) is 1. The lowest BCUT2D eigenvalue weighted by Gasteiger charge is -2.15. The first kappa shape index (κ1) is 14.9. The van der Waals surface area contributed by atoms with E-state index < -0.39 is 36.4 Å². The highest BCUT2D eigenvalue weighted by molar-refractivity contribution is 5.85. The van der Waals surface area contributed by atoms with Gasteiger partial charge in [0, 0.05) is 12.8 Å². The van der Waals surface area contributed by atoms with Crippen molar-refractivity contribution in [3.8, 4) is 6.07 Å². The van der Waals surface area contributed by atoms with Crippen LogP contribution in [0.15, 0.2) is 0 Å². The standard InChI is InChI=1S/C10H14N2O5/c1-6(4-11)3-8(10(15)16)12-9(14)5-17-7(2)13/h6,8H,3,5H2,1-2H3,(H,12,14)(H,15,16)/t6-,8-/m1/s1. The number of nitrogens with one attached hydrogen (secondary N) is 1. The number of amides is 1. The van der Waals surface area contributed by atoms with Crippen molar-refractivity contribution in [2.75, 3.05) is 6.61 Å². The van der Waals surface area contributed by atoms with Gasteiger partial charge in [0.05, 0.1) is 6.07 Å². The van der Waals surface area contributed by atoms with Gasteiger partial charge in [0.15, 0.2) is 6.61 Å². The normalized spacial score (nSPS) is 13.0. The molecule has 0 aliphatic carbocycles. The van der Waals surface area contributed by atoms with Crippen LogP contribution in [0.3, 0.4) is 0 Å². The van der Waals surface area contributed by atoms with Crippen molar-refractivity contribution in [3.63, 3.8) is 0 Å². The minimum Gasteiger partial charge on any atom is -0.480 e. The number of carbonyl (C=O) groups is 3. The predicted molar refractivity (Wildman–Crippen MR) is 55.6 cm³/mol. The molecule has 2 N–H and O–H groups in total. The molecule has 94 valence electrons. The number of rotatable bonds is 6. The molecule has 0 bridgehead atoms. The molecule has 0 aromatic heterocycles. The van der Waals surface area contributed by atoms with Crippen LogP contribution in [0.5, 0.6) is 0 Å². The molecule has 0 saturated carbocycles. The number of hydrogen-bond acceptors (Lipinski definition) is 5. The Labute approximate surface area is 98.4 Å². The Balaban J connectivity index is 4.26. The lowest BCUT2D eigenvalue weighted by atomic mass is 10.0. The van der Waals surface area contributed by atoms with Gasteiger partial charge in [-0.1, -0.05) is 0 Å². The van der Waals surface area contributed by atoms with Crippen LogP contribution in [0.1, 0.15) is 20.3 Å². The van der Waals surface area contributed by atoms with Crippen molar-refractivity contribution in [3.05, 3.63) is 0 Å². The third kappa shape index (κ3) is 6.89. The van der Waals surface area contributed by atoms with Gasteiger partial charge in [0.25, 0.3) is 5.91 Å². The summed E-state index contributed by atoms with van der Waals surface area (Å²) >= 11 is 0. The summed E-state index contributed by atoms with van der Waals surface area (Å²) in [5, 5.41) is 19.5. The molecule has 0 radical (unpaired) electrons. The number of esters is 1. The van der Waals surface area contributed by atoms with Crippen LogP contribution in [-0.4, -0.2) is 35.6 Å². The third-order valence-corrected chi connectivity index (χ3v) is 1.85. The molecule has 0 aliphatic rings. The summed E-state index contributed by atoms with van der Waals surface area (Å²) in [5.41, 5.74) is 0. The monoisotopic (exact) mass is 242 g/mol. The Morgan fingerprint density at radius 1 is 1.47 bits per heavy atom. The summed E-state index contributed by atoms with van der Waals surface area (Å²) in [4.78, 5) is 32.4. The quantitative estimate of drug-likeness (QED) is 0.616. The van der Waals surface area contributed by atoms with Gasteiger partial charge in [-0.05, 0) is 13.3 Å². The molecule has 0 aromatic carbocycles. The number of carbonyl (C=O) groups excluding carboxylic acids is 2. The van der Waals surface area contributed by atoms with E-state index in [1.165, 1.54) is 0 Å². The Bertz CT molecular complexity index is 347. The fourth-order valence-electron chi connectivity index (χ4n) is 1.03. The van der Waals surface area contributed by atoms with Crippen molar-refractivity contribution >= 4 is 17.8 Å². The molecule has 0 spiro atoms. The van der Waals surface area contributed by atoms with Crippen LogP contribution in [0, 0.1) is 17.2 Å². The van der Waals surface area contributed by atoms with Crippen molar-refractivity contribution in [2.45, 2.75) is 26.3 Å². The van der Waals surface area contributed by atoms with E-state index in [9.17, 15) is 14.4 Å². The van der Waals surface area contributed by atoms with Gasteiger partial charge in [0.2, 0.25) is 0 Å². The zero-order valence-electron chi connectivity index (χ0n) is 9.60. The zero-order valence-corrected chi connectivity index (χ0v) is 9.60. The maximum Gasteiger partial charge on any atom is 0.326 e. The van der Waals surface area contributed by atoms with Crippen LogP contribution < -0.4 is 5.32 Å². The lowest BCUT2D eigenvalue weighted by molar-refractivity contribution is -0.148. The molecule has 7 heteroatoms. The Morgan fingerprint density at radius 3 is 2.47 bits per heavy atom. The number of nitriles is 1. The van der Waals surface area contributed by atoms with E-state index in [0.29, 0.717) is 0 Å². The molecule has 0 aliphatic heterocycles. The SMILES string of the molecule is CC(=O)OCC(=O)N[C@H](C[C@@H](C)C#N)C(=O)O. The van der Waals surface area contributed by atoms with E-state index in [2.05, 4.69) is 10.1 Å². The van der Waals surface area contributed by atoms with Crippen LogP contribution in [-0.2, 0) is 19.1 Å². The summed E-state index contributed by atoms with van der Waals surface area (Å²) in [7, 11) is 0. The van der Waals surface area contributed by atoms with E-state index in [1.54, 1.807) is 6.92 Å². The molecule has 17 heavy (non-hydrogen) atoms. The smallest absolute Gasteiger partial charge is 0.326 e. The summed E-state index contributed by atoms with van der Waals surface area (Å²) in [6.07, 6.45) is -0.00234. The minimum atomic E-state index is -1.23. The first-order valence-electron chi connectivity index (χ1n) is 4.92. The van der Waals surface area contributed by atoms with Crippen LogP contribution in [0.2, 0.25) is 0 Å². The van der Waals surface area contributed by atoms with Crippen molar-refractivity contribution in [2.24, 2.45) is 5.92 Å². The first-order valence-corrected chi connectivity index (χ1v) is 4.92. The minimum absolute atomic E-state index is 0.00234. The van der Waals surface area contributed by atoms with E-state index in [1.807, 2.05) is 6.07 Å². The fraction of sp³-hybridized carbons (Fsp3) is 0.600. The molecular weight excluding hydrogens is 228 g/mol. The van der Waals surface area contributed by atoms with Crippen LogP contribution >= 0.6 is 0 Å². The van der Waals surface area contributed by atoms with Gasteiger partial charge in [-0.2, -0.15) is 5.26 Å². The Morgan fingerprint density at radius 2 is 2.06 bits per heavy atom. The predicted octanol–water partition coefficient (Wildman–Crippen LogP) is -0.331. The van der Waals surface area contributed by atoms with Gasteiger partial charge < -0.3 is 15.2 Å². The van der Waals surface area contributed by atoms with Crippen LogP contribution in [0.25, 0.3) is 0 Å². The molecular formula is C10H14N2O5. The van der Waals surface area contributed by atoms with Gasteiger partial charge in [-0.25, -0.2) is 4.79 Å². The van der Waals surface area contributed by atoms with Crippen molar-refractivity contribution in [1.29, 1.82) is 5.26 Å². The molecule has 0 rings (SSSR count). The van der Waals surface area contributed by atoms with E-state index >= 15 is 0 Å².